The Bertz CT molecular complexity index is 382. The normalized spacial score (nSPS) is 10.5. The molecule has 1 aromatic heterocycles. The third kappa shape index (κ3) is 3.79. The minimum atomic E-state index is -1.05. The average molecular weight is 289 g/mol. The topological polar surface area (TPSA) is 62.7 Å². The fourth-order valence-electron chi connectivity index (χ4n) is 1.02. The van der Waals surface area contributed by atoms with Crippen LogP contribution in [-0.2, 0) is 0 Å². The molecule has 0 radical (unpaired) electrons. The molecule has 0 saturated carbocycles. The van der Waals surface area contributed by atoms with Crippen LogP contribution in [0.1, 0.15) is 10.4 Å². The Morgan fingerprint density at radius 1 is 1.62 bits per heavy atom. The lowest BCUT2D eigenvalue weighted by Crippen LogP contribution is -2.20. The van der Waals surface area contributed by atoms with Gasteiger partial charge in [-0.05, 0) is 36.1 Å². The predicted molar refractivity (Wildman–Crippen MR) is 62.9 cm³/mol. The van der Waals surface area contributed by atoms with Crippen molar-refractivity contribution in [2.24, 2.45) is 0 Å². The number of pyridine rings is 1. The highest BCUT2D eigenvalue weighted by molar-refractivity contribution is 9.10. The molecule has 1 aromatic rings. The van der Waals surface area contributed by atoms with E-state index in [1.165, 1.54) is 12.3 Å². The monoisotopic (exact) mass is 288 g/mol. The van der Waals surface area contributed by atoms with Gasteiger partial charge in [-0.2, -0.15) is 0 Å². The largest absolute Gasteiger partial charge is 0.477 e. The summed E-state index contributed by atoms with van der Waals surface area (Å²) >= 11 is 3.17. The van der Waals surface area contributed by atoms with Crippen LogP contribution in [0.15, 0.2) is 16.7 Å². The summed E-state index contributed by atoms with van der Waals surface area (Å²) in [6.07, 6.45) is 1.51. The van der Waals surface area contributed by atoms with Crippen LogP contribution < -0.4 is 4.74 Å². The first kappa shape index (κ1) is 12.9. The molecule has 0 bridgehead atoms. The second-order valence-electron chi connectivity index (χ2n) is 3.46. The second-order valence-corrected chi connectivity index (χ2v) is 4.38. The molecule has 5 nitrogen and oxygen atoms in total. The van der Waals surface area contributed by atoms with E-state index >= 15 is 0 Å². The van der Waals surface area contributed by atoms with Crippen molar-refractivity contribution in [2.75, 3.05) is 27.2 Å². The lowest BCUT2D eigenvalue weighted by Gasteiger charge is -2.11. The third-order valence-corrected chi connectivity index (χ3v) is 2.26. The lowest BCUT2D eigenvalue weighted by molar-refractivity contribution is 0.0690. The van der Waals surface area contributed by atoms with Gasteiger partial charge in [0.1, 0.15) is 12.2 Å². The number of rotatable bonds is 5. The van der Waals surface area contributed by atoms with Crippen LogP contribution >= 0.6 is 15.9 Å². The molecule has 1 N–H and O–H groups in total. The summed E-state index contributed by atoms with van der Waals surface area (Å²) in [7, 11) is 3.83. The van der Waals surface area contributed by atoms with Gasteiger partial charge in [-0.15, -0.1) is 0 Å². The number of ether oxygens (including phenoxy) is 1. The zero-order valence-electron chi connectivity index (χ0n) is 9.11. The first-order valence-electron chi connectivity index (χ1n) is 4.67. The van der Waals surface area contributed by atoms with Crippen molar-refractivity contribution in [3.05, 3.63) is 22.3 Å². The molecule has 0 aliphatic heterocycles. The van der Waals surface area contributed by atoms with E-state index < -0.39 is 5.97 Å². The van der Waals surface area contributed by atoms with Crippen LogP contribution in [0, 0.1) is 0 Å². The van der Waals surface area contributed by atoms with Gasteiger partial charge in [0.05, 0.1) is 0 Å². The minimum Gasteiger partial charge on any atom is -0.477 e. The fourth-order valence-corrected chi connectivity index (χ4v) is 1.35. The maximum Gasteiger partial charge on any atom is 0.341 e. The first-order chi connectivity index (χ1) is 7.50. The summed E-state index contributed by atoms with van der Waals surface area (Å²) < 4.78 is 5.93. The summed E-state index contributed by atoms with van der Waals surface area (Å²) in [5.74, 6) is -0.897. The van der Waals surface area contributed by atoms with E-state index in [0.29, 0.717) is 17.6 Å². The molecule has 1 heterocycles. The van der Waals surface area contributed by atoms with Crippen LogP contribution in [0.4, 0.5) is 0 Å². The molecular weight excluding hydrogens is 276 g/mol. The van der Waals surface area contributed by atoms with Gasteiger partial charge in [0.15, 0.2) is 0 Å². The number of aromatic nitrogens is 1. The van der Waals surface area contributed by atoms with Crippen molar-refractivity contribution < 1.29 is 14.6 Å². The molecule has 0 saturated heterocycles. The number of likely N-dealkylation sites (N-methyl/N-ethyl adjacent to an activating group) is 1. The van der Waals surface area contributed by atoms with Crippen molar-refractivity contribution in [2.45, 2.75) is 0 Å². The Kier molecular flexibility index (Phi) is 4.70. The maximum absolute atomic E-state index is 10.9. The standard InChI is InChI=1S/C10H13BrN2O3/c1-13(2)3-4-16-9-8(10(14)15)5-7(11)6-12-9/h5-6H,3-4H2,1-2H3,(H,14,15). The molecule has 0 unspecified atom stereocenters. The fraction of sp³-hybridized carbons (Fsp3) is 0.400. The first-order valence-corrected chi connectivity index (χ1v) is 5.46. The van der Waals surface area contributed by atoms with Crippen molar-refractivity contribution in [3.63, 3.8) is 0 Å². The van der Waals surface area contributed by atoms with Gasteiger partial charge >= 0.3 is 5.97 Å². The Labute approximate surface area is 102 Å². The summed E-state index contributed by atoms with van der Waals surface area (Å²) in [4.78, 5) is 16.8. The zero-order valence-corrected chi connectivity index (χ0v) is 10.7. The molecule has 0 fully saturated rings. The number of hydrogen-bond donors (Lipinski definition) is 1. The van der Waals surface area contributed by atoms with Gasteiger partial charge in [-0.1, -0.05) is 0 Å². The number of nitrogens with zero attached hydrogens (tertiary/aromatic N) is 2. The highest BCUT2D eigenvalue weighted by Crippen LogP contribution is 2.19. The molecular formula is C10H13BrN2O3. The van der Waals surface area contributed by atoms with Crippen molar-refractivity contribution in [1.29, 1.82) is 0 Å². The van der Waals surface area contributed by atoms with E-state index in [0.717, 1.165) is 0 Å². The molecule has 0 aliphatic carbocycles. The Balaban J connectivity index is 2.75. The van der Waals surface area contributed by atoms with E-state index in [4.69, 9.17) is 9.84 Å². The minimum absolute atomic E-state index is 0.0631. The Morgan fingerprint density at radius 3 is 2.88 bits per heavy atom. The Hall–Kier alpha value is -1.14. The summed E-state index contributed by atoms with van der Waals surface area (Å²) in [6.45, 7) is 1.11. The SMILES string of the molecule is CN(C)CCOc1ncc(Br)cc1C(=O)O. The molecule has 0 atom stereocenters. The second kappa shape index (κ2) is 5.81. The smallest absolute Gasteiger partial charge is 0.341 e. The van der Waals surface area contributed by atoms with Crippen LogP contribution in [0.25, 0.3) is 0 Å². The number of carboxylic acids is 1. The highest BCUT2D eigenvalue weighted by atomic mass is 79.9. The Morgan fingerprint density at radius 2 is 2.31 bits per heavy atom. The van der Waals surface area contributed by atoms with E-state index in [-0.39, 0.29) is 11.4 Å². The molecule has 0 amide bonds. The molecule has 0 aliphatic rings. The van der Waals surface area contributed by atoms with Gasteiger partial charge in [0, 0.05) is 17.2 Å². The quantitative estimate of drug-likeness (QED) is 0.889. The van der Waals surface area contributed by atoms with Crippen molar-refractivity contribution in [1.82, 2.24) is 9.88 Å². The summed E-state index contributed by atoms with van der Waals surface area (Å²) in [5, 5.41) is 8.95. The molecule has 16 heavy (non-hydrogen) atoms. The van der Waals surface area contributed by atoms with Crippen molar-refractivity contribution in [3.8, 4) is 5.88 Å². The molecule has 0 spiro atoms. The highest BCUT2D eigenvalue weighted by Gasteiger charge is 2.13. The van der Waals surface area contributed by atoms with Crippen LogP contribution in [-0.4, -0.2) is 48.2 Å². The van der Waals surface area contributed by atoms with Gasteiger partial charge in [0.2, 0.25) is 5.88 Å². The van der Waals surface area contributed by atoms with E-state index in [9.17, 15) is 4.79 Å². The van der Waals surface area contributed by atoms with Gasteiger partial charge in [0.25, 0.3) is 0 Å². The van der Waals surface area contributed by atoms with E-state index in [1.54, 1.807) is 0 Å². The van der Waals surface area contributed by atoms with Crippen LogP contribution in [0.5, 0.6) is 5.88 Å². The average Bonchev–Trinajstić information content (AvgIpc) is 2.19. The van der Waals surface area contributed by atoms with E-state index in [1.807, 2.05) is 19.0 Å². The van der Waals surface area contributed by atoms with Crippen LogP contribution in [0.3, 0.4) is 0 Å². The zero-order chi connectivity index (χ0) is 12.1. The lowest BCUT2D eigenvalue weighted by atomic mass is 10.3. The molecule has 1 rings (SSSR count). The van der Waals surface area contributed by atoms with Crippen molar-refractivity contribution >= 4 is 21.9 Å². The van der Waals surface area contributed by atoms with Gasteiger partial charge < -0.3 is 14.7 Å². The number of carbonyl (C=O) groups is 1. The third-order valence-electron chi connectivity index (χ3n) is 1.83. The van der Waals surface area contributed by atoms with Crippen LogP contribution in [0.2, 0.25) is 0 Å². The number of aromatic carboxylic acids is 1. The number of hydrogen-bond acceptors (Lipinski definition) is 4. The van der Waals surface area contributed by atoms with E-state index in [2.05, 4.69) is 20.9 Å². The molecule has 0 aromatic carbocycles. The maximum atomic E-state index is 10.9. The summed E-state index contributed by atoms with van der Waals surface area (Å²) in [5.41, 5.74) is 0.0631. The molecule has 6 heteroatoms. The van der Waals surface area contributed by atoms with Gasteiger partial charge in [-0.25, -0.2) is 9.78 Å². The number of carboxylic acid groups (broad SMARTS) is 1. The predicted octanol–water partition coefficient (Wildman–Crippen LogP) is 1.48. The summed E-state index contributed by atoms with van der Waals surface area (Å²) in [6, 6.07) is 1.47. The molecule has 88 valence electrons. The number of halogens is 1. The van der Waals surface area contributed by atoms with Gasteiger partial charge in [-0.3, -0.25) is 0 Å².